The molecule has 2 rings (SSSR count). The van der Waals surface area contributed by atoms with Crippen molar-refractivity contribution < 1.29 is 28.2 Å². The first-order valence-electron chi connectivity index (χ1n) is 6.75. The number of aromatic hydroxyl groups is 1. The number of halogens is 2. The Morgan fingerprint density at radius 3 is 2.54 bits per heavy atom. The largest absolute Gasteiger partial charge is 0.508 e. The molecule has 24 heavy (non-hydrogen) atoms. The fourth-order valence-electron chi connectivity index (χ4n) is 1.80. The number of nitrogens with one attached hydrogen (secondary N) is 1. The van der Waals surface area contributed by atoms with Crippen LogP contribution in [-0.2, 0) is 0 Å². The minimum absolute atomic E-state index is 0.0493. The maximum atomic E-state index is 12.2. The molecule has 2 aromatic rings. The van der Waals surface area contributed by atoms with Crippen LogP contribution in [0.4, 0.5) is 8.78 Å². The maximum absolute atomic E-state index is 12.2. The minimum Gasteiger partial charge on any atom is -0.508 e. The van der Waals surface area contributed by atoms with E-state index in [9.17, 15) is 13.6 Å². The monoisotopic (exact) mass is 336 g/mol. The van der Waals surface area contributed by atoms with Crippen molar-refractivity contribution in [3.63, 3.8) is 0 Å². The number of hydrogen-bond acceptors (Lipinski definition) is 5. The van der Waals surface area contributed by atoms with Gasteiger partial charge in [0.2, 0.25) is 0 Å². The number of benzene rings is 2. The number of phenolic OH excluding ortho intramolecular Hbond substituents is 1. The quantitative estimate of drug-likeness (QED) is 0.628. The van der Waals surface area contributed by atoms with Crippen LogP contribution in [0.15, 0.2) is 47.6 Å². The molecule has 1 amide bonds. The summed E-state index contributed by atoms with van der Waals surface area (Å²) in [6, 6.07) is 9.88. The molecule has 0 aromatic heterocycles. The molecule has 0 aliphatic heterocycles. The highest BCUT2D eigenvalue weighted by Gasteiger charge is 2.10. The molecule has 0 saturated carbocycles. The smallest absolute Gasteiger partial charge is 0.387 e. The molecular formula is C16H14F2N2O4. The summed E-state index contributed by atoms with van der Waals surface area (Å²) >= 11 is 0. The van der Waals surface area contributed by atoms with E-state index >= 15 is 0 Å². The van der Waals surface area contributed by atoms with Crippen LogP contribution < -0.4 is 14.9 Å². The summed E-state index contributed by atoms with van der Waals surface area (Å²) < 4.78 is 33.8. The summed E-state index contributed by atoms with van der Waals surface area (Å²) in [5, 5.41) is 12.9. The SMILES string of the molecule is COc1cc(/C=N/NC(=O)c2ccc(O)cc2)ccc1OC(F)F. The Labute approximate surface area is 136 Å². The first-order valence-corrected chi connectivity index (χ1v) is 6.75. The third-order valence-electron chi connectivity index (χ3n) is 2.91. The van der Waals surface area contributed by atoms with Gasteiger partial charge in [-0.15, -0.1) is 0 Å². The third kappa shape index (κ3) is 4.67. The standard InChI is InChI=1S/C16H14F2N2O4/c1-23-14-8-10(2-7-13(14)24-16(17)18)9-19-20-15(22)11-3-5-12(21)6-4-11/h2-9,16,21H,1H3,(H,20,22)/b19-9+. The highest BCUT2D eigenvalue weighted by Crippen LogP contribution is 2.28. The summed E-state index contributed by atoms with van der Waals surface area (Å²) in [6.45, 7) is -2.96. The van der Waals surface area contributed by atoms with Crippen molar-refractivity contribution in [2.24, 2.45) is 5.10 Å². The van der Waals surface area contributed by atoms with E-state index < -0.39 is 12.5 Å². The average Bonchev–Trinajstić information content (AvgIpc) is 2.56. The molecule has 0 spiro atoms. The molecule has 0 aliphatic carbocycles. The van der Waals surface area contributed by atoms with Crippen LogP contribution in [0.3, 0.4) is 0 Å². The Hall–Kier alpha value is -3.16. The summed E-state index contributed by atoms with van der Waals surface area (Å²) in [7, 11) is 1.32. The molecule has 6 nitrogen and oxygen atoms in total. The van der Waals surface area contributed by atoms with Crippen molar-refractivity contribution in [2.75, 3.05) is 7.11 Å². The van der Waals surface area contributed by atoms with Gasteiger partial charge >= 0.3 is 6.61 Å². The zero-order chi connectivity index (χ0) is 17.5. The number of methoxy groups -OCH3 is 1. The van der Waals surface area contributed by atoms with Crippen LogP contribution in [-0.4, -0.2) is 30.9 Å². The molecule has 2 aromatic carbocycles. The summed E-state index contributed by atoms with van der Waals surface area (Å²) in [5.74, 6) is -0.397. The molecule has 2 N–H and O–H groups in total. The van der Waals surface area contributed by atoms with E-state index in [4.69, 9.17) is 9.84 Å². The number of hydrazone groups is 1. The van der Waals surface area contributed by atoms with Gasteiger partial charge in [-0.1, -0.05) is 0 Å². The number of carbonyl (C=O) groups is 1. The Morgan fingerprint density at radius 1 is 1.21 bits per heavy atom. The topological polar surface area (TPSA) is 80.2 Å². The van der Waals surface area contributed by atoms with Gasteiger partial charge in [-0.05, 0) is 48.0 Å². The highest BCUT2D eigenvalue weighted by molar-refractivity contribution is 5.95. The van der Waals surface area contributed by atoms with E-state index in [1.165, 1.54) is 55.8 Å². The van der Waals surface area contributed by atoms with E-state index in [0.29, 0.717) is 11.1 Å². The fourth-order valence-corrected chi connectivity index (χ4v) is 1.80. The van der Waals surface area contributed by atoms with Crippen LogP contribution in [0.2, 0.25) is 0 Å². The zero-order valence-corrected chi connectivity index (χ0v) is 12.6. The van der Waals surface area contributed by atoms with Gasteiger partial charge in [-0.3, -0.25) is 4.79 Å². The van der Waals surface area contributed by atoms with Crippen LogP contribution in [0.5, 0.6) is 17.2 Å². The normalized spacial score (nSPS) is 10.8. The second-order valence-electron chi connectivity index (χ2n) is 4.53. The molecule has 0 fully saturated rings. The van der Waals surface area contributed by atoms with Crippen LogP contribution in [0, 0.1) is 0 Å². The number of ether oxygens (including phenoxy) is 2. The first-order chi connectivity index (χ1) is 11.5. The minimum atomic E-state index is -2.96. The lowest BCUT2D eigenvalue weighted by Gasteiger charge is -2.09. The number of nitrogens with zero attached hydrogens (tertiary/aromatic N) is 1. The van der Waals surface area contributed by atoms with Crippen LogP contribution in [0.1, 0.15) is 15.9 Å². The summed E-state index contributed by atoms with van der Waals surface area (Å²) in [4.78, 5) is 11.8. The lowest BCUT2D eigenvalue weighted by atomic mass is 10.2. The number of carbonyl (C=O) groups excluding carboxylic acids is 1. The van der Waals surface area contributed by atoms with E-state index in [1.54, 1.807) is 0 Å². The van der Waals surface area contributed by atoms with Gasteiger partial charge in [0.05, 0.1) is 13.3 Å². The van der Waals surface area contributed by atoms with E-state index in [1.807, 2.05) is 0 Å². The number of amides is 1. The van der Waals surface area contributed by atoms with E-state index in [-0.39, 0.29) is 17.2 Å². The van der Waals surface area contributed by atoms with Crippen molar-refractivity contribution >= 4 is 12.1 Å². The van der Waals surface area contributed by atoms with Crippen LogP contribution in [0.25, 0.3) is 0 Å². The van der Waals surface area contributed by atoms with E-state index in [0.717, 1.165) is 0 Å². The molecule has 0 unspecified atom stereocenters. The highest BCUT2D eigenvalue weighted by atomic mass is 19.3. The van der Waals surface area contributed by atoms with Gasteiger partial charge in [0.1, 0.15) is 5.75 Å². The Bertz CT molecular complexity index is 733. The molecule has 0 heterocycles. The lowest BCUT2D eigenvalue weighted by molar-refractivity contribution is -0.0512. The predicted molar refractivity (Wildman–Crippen MR) is 82.8 cm³/mol. The number of phenols is 1. The molecule has 0 radical (unpaired) electrons. The van der Waals surface area contributed by atoms with Crippen molar-refractivity contribution in [2.45, 2.75) is 6.61 Å². The Kier molecular flexibility index (Phi) is 5.67. The van der Waals surface area contributed by atoms with Gasteiger partial charge in [-0.2, -0.15) is 13.9 Å². The van der Waals surface area contributed by atoms with E-state index in [2.05, 4.69) is 15.3 Å². The van der Waals surface area contributed by atoms with Gasteiger partial charge in [0.25, 0.3) is 5.91 Å². The van der Waals surface area contributed by atoms with Gasteiger partial charge in [0.15, 0.2) is 11.5 Å². The van der Waals surface area contributed by atoms with Gasteiger partial charge in [0, 0.05) is 5.56 Å². The van der Waals surface area contributed by atoms with Gasteiger partial charge < -0.3 is 14.6 Å². The third-order valence-corrected chi connectivity index (χ3v) is 2.91. The first kappa shape index (κ1) is 17.2. The maximum Gasteiger partial charge on any atom is 0.387 e. The molecule has 0 bridgehead atoms. The lowest BCUT2D eigenvalue weighted by Crippen LogP contribution is -2.17. The van der Waals surface area contributed by atoms with Crippen molar-refractivity contribution in [3.05, 3.63) is 53.6 Å². The summed E-state index contributed by atoms with van der Waals surface area (Å²) in [6.07, 6.45) is 1.33. The molecule has 126 valence electrons. The fraction of sp³-hybridized carbons (Fsp3) is 0.125. The number of hydrogen-bond donors (Lipinski definition) is 2. The second kappa shape index (κ2) is 7.91. The van der Waals surface area contributed by atoms with Crippen LogP contribution >= 0.6 is 0 Å². The van der Waals surface area contributed by atoms with Crippen molar-refractivity contribution in [1.82, 2.24) is 5.43 Å². The Morgan fingerprint density at radius 2 is 1.92 bits per heavy atom. The second-order valence-corrected chi connectivity index (χ2v) is 4.53. The average molecular weight is 336 g/mol. The molecule has 0 aliphatic rings. The van der Waals surface area contributed by atoms with Crippen molar-refractivity contribution in [1.29, 1.82) is 0 Å². The molecule has 0 saturated heterocycles. The molecular weight excluding hydrogens is 322 g/mol. The Balaban J connectivity index is 2.03. The zero-order valence-electron chi connectivity index (χ0n) is 12.6. The molecule has 0 atom stereocenters. The predicted octanol–water partition coefficient (Wildman–Crippen LogP) is 2.77. The summed E-state index contributed by atoms with van der Waals surface area (Å²) in [5.41, 5.74) is 3.14. The van der Waals surface area contributed by atoms with Crippen molar-refractivity contribution in [3.8, 4) is 17.2 Å². The number of alkyl halides is 2. The number of rotatable bonds is 6. The van der Waals surface area contributed by atoms with Gasteiger partial charge in [-0.25, -0.2) is 5.43 Å². The molecule has 8 heteroatoms.